The van der Waals surface area contributed by atoms with E-state index in [1.54, 1.807) is 13.3 Å². The number of carbonyl (C=O) groups is 1. The van der Waals surface area contributed by atoms with Crippen LogP contribution in [0.4, 0.5) is 11.4 Å². The molecule has 1 amide bonds. The molecule has 7 heteroatoms. The van der Waals surface area contributed by atoms with Gasteiger partial charge in [0, 0.05) is 18.8 Å². The highest BCUT2D eigenvalue weighted by Gasteiger charge is 2.10. The van der Waals surface area contributed by atoms with Crippen molar-refractivity contribution in [1.29, 1.82) is 0 Å². The van der Waals surface area contributed by atoms with Crippen LogP contribution in [0.3, 0.4) is 0 Å². The van der Waals surface area contributed by atoms with Crippen molar-refractivity contribution in [2.75, 3.05) is 50.2 Å². The number of hydrazone groups is 1. The number of morpholine rings is 1. The Morgan fingerprint density at radius 1 is 1.19 bits per heavy atom. The van der Waals surface area contributed by atoms with Gasteiger partial charge in [-0.3, -0.25) is 4.79 Å². The average Bonchev–Trinajstić information content (AvgIpc) is 2.73. The topological polar surface area (TPSA) is 75.2 Å². The number of amides is 1. The van der Waals surface area contributed by atoms with Crippen molar-refractivity contribution in [3.05, 3.63) is 54.1 Å². The Hall–Kier alpha value is -3.06. The van der Waals surface area contributed by atoms with E-state index < -0.39 is 0 Å². The highest BCUT2D eigenvalue weighted by atomic mass is 16.5. The fourth-order valence-corrected chi connectivity index (χ4v) is 2.78. The smallest absolute Gasteiger partial charge is 0.259 e. The van der Waals surface area contributed by atoms with Gasteiger partial charge in [0.1, 0.15) is 5.75 Å². The minimum atomic E-state index is -0.234. The molecule has 1 fully saturated rings. The maximum atomic E-state index is 11.9. The maximum Gasteiger partial charge on any atom is 0.259 e. The highest BCUT2D eigenvalue weighted by molar-refractivity contribution is 5.84. The van der Waals surface area contributed by atoms with Crippen LogP contribution in [0.15, 0.2) is 53.6 Å². The van der Waals surface area contributed by atoms with E-state index in [1.165, 1.54) is 5.69 Å². The molecule has 1 saturated heterocycles. The first-order valence-electron chi connectivity index (χ1n) is 8.88. The lowest BCUT2D eigenvalue weighted by atomic mass is 10.2. The van der Waals surface area contributed by atoms with E-state index in [4.69, 9.17) is 9.47 Å². The van der Waals surface area contributed by atoms with Gasteiger partial charge in [-0.15, -0.1) is 0 Å². The number of ether oxygens (including phenoxy) is 2. The van der Waals surface area contributed by atoms with E-state index in [0.717, 1.165) is 37.6 Å². The molecular weight excluding hydrogens is 344 g/mol. The van der Waals surface area contributed by atoms with E-state index in [2.05, 4.69) is 32.9 Å². The zero-order chi connectivity index (χ0) is 18.9. The van der Waals surface area contributed by atoms with Gasteiger partial charge in [-0.2, -0.15) is 5.10 Å². The van der Waals surface area contributed by atoms with E-state index in [9.17, 15) is 4.79 Å². The number of benzene rings is 2. The highest BCUT2D eigenvalue weighted by Crippen LogP contribution is 2.22. The zero-order valence-electron chi connectivity index (χ0n) is 15.4. The van der Waals surface area contributed by atoms with E-state index in [1.807, 2.05) is 36.4 Å². The summed E-state index contributed by atoms with van der Waals surface area (Å²) < 4.78 is 10.6. The summed E-state index contributed by atoms with van der Waals surface area (Å²) in [5.41, 5.74) is 5.37. The van der Waals surface area contributed by atoms with E-state index in [0.29, 0.717) is 5.75 Å². The monoisotopic (exact) mass is 368 g/mol. The van der Waals surface area contributed by atoms with Crippen molar-refractivity contribution in [3.8, 4) is 5.75 Å². The van der Waals surface area contributed by atoms with Crippen LogP contribution in [-0.4, -0.2) is 52.1 Å². The number of nitrogens with one attached hydrogen (secondary N) is 2. The molecule has 0 atom stereocenters. The lowest BCUT2D eigenvalue weighted by Crippen LogP contribution is -2.36. The molecule has 1 aliphatic rings. The van der Waals surface area contributed by atoms with Gasteiger partial charge in [-0.05, 0) is 29.8 Å². The fourth-order valence-electron chi connectivity index (χ4n) is 2.78. The first-order chi connectivity index (χ1) is 13.3. The van der Waals surface area contributed by atoms with Crippen molar-refractivity contribution in [2.24, 2.45) is 5.10 Å². The molecule has 0 unspecified atom stereocenters. The van der Waals surface area contributed by atoms with Gasteiger partial charge in [-0.25, -0.2) is 5.43 Å². The lowest BCUT2D eigenvalue weighted by molar-refractivity contribution is -0.119. The van der Waals surface area contributed by atoms with Crippen molar-refractivity contribution in [1.82, 2.24) is 5.43 Å². The molecule has 0 aromatic heterocycles. The van der Waals surface area contributed by atoms with Crippen LogP contribution < -0.4 is 20.4 Å². The SMILES string of the molecule is COc1ccccc1NCC(=O)NN=Cc1ccc(N2CCOCC2)cc1. The summed E-state index contributed by atoms with van der Waals surface area (Å²) in [6.07, 6.45) is 1.63. The predicted molar refractivity (Wildman–Crippen MR) is 107 cm³/mol. The Bertz CT molecular complexity index is 771. The molecule has 0 aliphatic carbocycles. The maximum absolute atomic E-state index is 11.9. The van der Waals surface area contributed by atoms with Crippen molar-refractivity contribution in [3.63, 3.8) is 0 Å². The summed E-state index contributed by atoms with van der Waals surface area (Å²) in [6.45, 7) is 3.44. The average molecular weight is 368 g/mol. The van der Waals surface area contributed by atoms with Crippen LogP contribution in [0, 0.1) is 0 Å². The third-order valence-corrected chi connectivity index (χ3v) is 4.22. The summed E-state index contributed by atoms with van der Waals surface area (Å²) in [4.78, 5) is 14.2. The van der Waals surface area contributed by atoms with Gasteiger partial charge < -0.3 is 19.7 Å². The number of hydrogen-bond donors (Lipinski definition) is 2. The quantitative estimate of drug-likeness (QED) is 0.578. The normalized spacial score (nSPS) is 14.2. The summed E-state index contributed by atoms with van der Waals surface area (Å²) >= 11 is 0. The second kappa shape index (κ2) is 9.59. The summed E-state index contributed by atoms with van der Waals surface area (Å²) in [5.74, 6) is 0.455. The Morgan fingerprint density at radius 2 is 1.93 bits per heavy atom. The molecule has 0 spiro atoms. The fraction of sp³-hybridized carbons (Fsp3) is 0.300. The van der Waals surface area contributed by atoms with Gasteiger partial charge >= 0.3 is 0 Å². The molecule has 2 aromatic carbocycles. The van der Waals surface area contributed by atoms with Crippen molar-refractivity contribution in [2.45, 2.75) is 0 Å². The molecule has 1 heterocycles. The molecule has 27 heavy (non-hydrogen) atoms. The largest absolute Gasteiger partial charge is 0.495 e. The van der Waals surface area contributed by atoms with Gasteiger partial charge in [0.15, 0.2) is 0 Å². The van der Waals surface area contributed by atoms with Crippen LogP contribution in [0.2, 0.25) is 0 Å². The number of rotatable bonds is 7. The molecular formula is C20H24N4O3. The van der Waals surface area contributed by atoms with Crippen LogP contribution in [0.5, 0.6) is 5.75 Å². The molecule has 0 bridgehead atoms. The third kappa shape index (κ3) is 5.46. The Labute approximate surface area is 159 Å². The number of nitrogens with zero attached hydrogens (tertiary/aromatic N) is 2. The second-order valence-corrected chi connectivity index (χ2v) is 6.04. The summed E-state index contributed by atoms with van der Waals surface area (Å²) in [6, 6.07) is 15.5. The third-order valence-electron chi connectivity index (χ3n) is 4.22. The number of methoxy groups -OCH3 is 1. The molecule has 3 rings (SSSR count). The molecule has 142 valence electrons. The van der Waals surface area contributed by atoms with Gasteiger partial charge in [0.05, 0.1) is 38.8 Å². The van der Waals surface area contributed by atoms with Crippen LogP contribution in [0.1, 0.15) is 5.56 Å². The van der Waals surface area contributed by atoms with E-state index >= 15 is 0 Å². The number of anilines is 2. The zero-order valence-corrected chi connectivity index (χ0v) is 15.4. The van der Waals surface area contributed by atoms with Gasteiger partial charge in [-0.1, -0.05) is 24.3 Å². The Kier molecular flexibility index (Phi) is 6.65. The summed E-state index contributed by atoms with van der Waals surface area (Å²) in [5, 5.41) is 7.04. The number of hydrogen-bond acceptors (Lipinski definition) is 6. The molecule has 2 N–H and O–H groups in total. The first-order valence-corrected chi connectivity index (χ1v) is 8.88. The molecule has 2 aromatic rings. The van der Waals surface area contributed by atoms with Crippen molar-refractivity contribution >= 4 is 23.5 Å². The summed E-state index contributed by atoms with van der Waals surface area (Å²) in [7, 11) is 1.59. The van der Waals surface area contributed by atoms with E-state index in [-0.39, 0.29) is 12.5 Å². The minimum absolute atomic E-state index is 0.105. The van der Waals surface area contributed by atoms with Gasteiger partial charge in [0.2, 0.25) is 0 Å². The number of carbonyl (C=O) groups excluding carboxylic acids is 1. The molecule has 0 saturated carbocycles. The molecule has 0 radical (unpaired) electrons. The lowest BCUT2D eigenvalue weighted by Gasteiger charge is -2.28. The standard InChI is InChI=1S/C20H24N4O3/c1-26-19-5-3-2-4-18(19)21-15-20(25)23-22-14-16-6-8-17(9-7-16)24-10-12-27-13-11-24/h2-9,14,21H,10-13,15H2,1H3,(H,23,25). The Balaban J connectivity index is 1.46. The van der Waals surface area contributed by atoms with Crippen LogP contribution >= 0.6 is 0 Å². The number of para-hydroxylation sites is 2. The molecule has 1 aliphatic heterocycles. The Morgan fingerprint density at radius 3 is 2.67 bits per heavy atom. The second-order valence-electron chi connectivity index (χ2n) is 6.04. The van der Waals surface area contributed by atoms with Crippen molar-refractivity contribution < 1.29 is 14.3 Å². The van der Waals surface area contributed by atoms with Gasteiger partial charge in [0.25, 0.3) is 5.91 Å². The van der Waals surface area contributed by atoms with Crippen LogP contribution in [0.25, 0.3) is 0 Å². The first kappa shape index (κ1) is 18.7. The van der Waals surface area contributed by atoms with Crippen LogP contribution in [-0.2, 0) is 9.53 Å². The molecule has 7 nitrogen and oxygen atoms in total. The predicted octanol–water partition coefficient (Wildman–Crippen LogP) is 2.09. The minimum Gasteiger partial charge on any atom is -0.495 e.